The van der Waals surface area contributed by atoms with Crippen molar-refractivity contribution in [1.82, 2.24) is 0 Å². The van der Waals surface area contributed by atoms with Crippen LogP contribution in [0.3, 0.4) is 0 Å². The lowest BCUT2D eigenvalue weighted by Gasteiger charge is -2.17. The molecule has 0 saturated carbocycles. The van der Waals surface area contributed by atoms with Gasteiger partial charge in [-0.1, -0.05) is 6.92 Å². The van der Waals surface area contributed by atoms with Gasteiger partial charge in [-0.25, -0.2) is 4.99 Å². The maximum Gasteiger partial charge on any atom is 0.134 e. The lowest BCUT2D eigenvalue weighted by molar-refractivity contribution is 0.394. The predicted molar refractivity (Wildman–Crippen MR) is 97.0 cm³/mol. The van der Waals surface area contributed by atoms with Crippen LogP contribution in [0.25, 0.3) is 0 Å². The Morgan fingerprint density at radius 1 is 1.33 bits per heavy atom. The standard InChI is InChI=1S/C19H20N2O2S/c1-12-4-7-15-16(10-20)19(24-18(15)8-12)21-11-13-5-6-14(22-2)9-17(13)23-3/h5-6,9,11-12H,4,7-8H2,1-3H3. The average Bonchev–Trinajstić information content (AvgIpc) is 2.96. The van der Waals surface area contributed by atoms with E-state index in [9.17, 15) is 5.26 Å². The molecule has 5 heteroatoms. The van der Waals surface area contributed by atoms with Crippen molar-refractivity contribution in [2.24, 2.45) is 10.9 Å². The van der Waals surface area contributed by atoms with Crippen LogP contribution in [0.4, 0.5) is 5.00 Å². The Morgan fingerprint density at radius 3 is 2.88 bits per heavy atom. The Morgan fingerprint density at radius 2 is 2.17 bits per heavy atom. The molecule has 1 aliphatic rings. The highest BCUT2D eigenvalue weighted by molar-refractivity contribution is 7.16. The molecule has 24 heavy (non-hydrogen) atoms. The van der Waals surface area contributed by atoms with Crippen LogP contribution in [-0.2, 0) is 12.8 Å². The average molecular weight is 340 g/mol. The van der Waals surface area contributed by atoms with E-state index in [0.717, 1.165) is 41.1 Å². The highest BCUT2D eigenvalue weighted by Gasteiger charge is 2.23. The quantitative estimate of drug-likeness (QED) is 0.769. The molecule has 0 spiro atoms. The van der Waals surface area contributed by atoms with Crippen molar-refractivity contribution in [2.45, 2.75) is 26.2 Å². The van der Waals surface area contributed by atoms with E-state index in [1.165, 1.54) is 10.4 Å². The van der Waals surface area contributed by atoms with Gasteiger partial charge in [-0.05, 0) is 42.9 Å². The number of nitriles is 1. The van der Waals surface area contributed by atoms with Crippen LogP contribution < -0.4 is 9.47 Å². The van der Waals surface area contributed by atoms with Crippen LogP contribution in [0, 0.1) is 17.2 Å². The molecule has 1 unspecified atom stereocenters. The van der Waals surface area contributed by atoms with E-state index in [0.29, 0.717) is 11.7 Å². The number of rotatable bonds is 4. The van der Waals surface area contributed by atoms with Crippen molar-refractivity contribution in [3.8, 4) is 17.6 Å². The number of nitrogens with zero attached hydrogens (tertiary/aromatic N) is 2. The molecule has 1 aromatic heterocycles. The first-order chi connectivity index (χ1) is 11.7. The Kier molecular flexibility index (Phi) is 4.86. The smallest absolute Gasteiger partial charge is 0.134 e. The molecule has 1 aromatic carbocycles. The first-order valence-electron chi connectivity index (χ1n) is 7.97. The van der Waals surface area contributed by atoms with Gasteiger partial charge >= 0.3 is 0 Å². The Bertz CT molecular complexity index is 818. The minimum atomic E-state index is 0.682. The Balaban J connectivity index is 1.94. The zero-order chi connectivity index (χ0) is 17.1. The molecule has 4 nitrogen and oxygen atoms in total. The first kappa shape index (κ1) is 16.5. The second-order valence-electron chi connectivity index (χ2n) is 6.01. The monoisotopic (exact) mass is 340 g/mol. The van der Waals surface area contributed by atoms with Crippen molar-refractivity contribution in [3.05, 3.63) is 39.8 Å². The third-order valence-corrected chi connectivity index (χ3v) is 5.53. The second-order valence-corrected chi connectivity index (χ2v) is 7.09. The number of hydrogen-bond donors (Lipinski definition) is 0. The van der Waals surface area contributed by atoms with Gasteiger partial charge in [-0.3, -0.25) is 0 Å². The molecule has 124 valence electrons. The second kappa shape index (κ2) is 7.06. The van der Waals surface area contributed by atoms with E-state index in [4.69, 9.17) is 9.47 Å². The number of methoxy groups -OCH3 is 2. The highest BCUT2D eigenvalue weighted by Crippen LogP contribution is 2.40. The van der Waals surface area contributed by atoms with Gasteiger partial charge in [0, 0.05) is 22.7 Å². The summed E-state index contributed by atoms with van der Waals surface area (Å²) >= 11 is 1.64. The summed E-state index contributed by atoms with van der Waals surface area (Å²) in [6.45, 7) is 2.26. The largest absolute Gasteiger partial charge is 0.497 e. The van der Waals surface area contributed by atoms with Crippen LogP contribution in [0.1, 0.15) is 34.9 Å². The van der Waals surface area contributed by atoms with E-state index in [1.54, 1.807) is 31.8 Å². The molecular formula is C19H20N2O2S. The van der Waals surface area contributed by atoms with E-state index >= 15 is 0 Å². The Hall–Kier alpha value is -2.32. The minimum absolute atomic E-state index is 0.682. The summed E-state index contributed by atoms with van der Waals surface area (Å²) < 4.78 is 10.6. The molecule has 1 aliphatic carbocycles. The van der Waals surface area contributed by atoms with Gasteiger partial charge in [-0.2, -0.15) is 5.26 Å². The number of hydrogen-bond acceptors (Lipinski definition) is 5. The number of thiophene rings is 1. The third kappa shape index (κ3) is 3.15. The molecule has 3 rings (SSSR count). The third-order valence-electron chi connectivity index (χ3n) is 4.37. The summed E-state index contributed by atoms with van der Waals surface area (Å²) in [6.07, 6.45) is 4.95. The maximum absolute atomic E-state index is 9.54. The van der Waals surface area contributed by atoms with Gasteiger partial charge in [0.25, 0.3) is 0 Å². The van der Waals surface area contributed by atoms with Gasteiger partial charge < -0.3 is 9.47 Å². The molecule has 0 saturated heterocycles. The van der Waals surface area contributed by atoms with Crippen LogP contribution >= 0.6 is 11.3 Å². The van der Waals surface area contributed by atoms with E-state index in [2.05, 4.69) is 18.0 Å². The summed E-state index contributed by atoms with van der Waals surface area (Å²) in [5, 5.41) is 10.3. The molecule has 0 radical (unpaired) electrons. The number of ether oxygens (including phenoxy) is 2. The number of benzene rings is 1. The fourth-order valence-corrected chi connectivity index (χ4v) is 4.30. The number of aliphatic imine (C=N–C) groups is 1. The zero-order valence-corrected chi connectivity index (χ0v) is 14.9. The highest BCUT2D eigenvalue weighted by atomic mass is 32.1. The molecular weight excluding hydrogens is 320 g/mol. The molecule has 1 atom stereocenters. The van der Waals surface area contributed by atoms with Crippen LogP contribution in [0.15, 0.2) is 23.2 Å². The summed E-state index contributed by atoms with van der Waals surface area (Å²) in [5.74, 6) is 2.12. The zero-order valence-electron chi connectivity index (χ0n) is 14.1. The summed E-state index contributed by atoms with van der Waals surface area (Å²) in [7, 11) is 3.25. The SMILES string of the molecule is COc1ccc(C=Nc2sc3c(c2C#N)CCC(C)C3)c(OC)c1. The predicted octanol–water partition coefficient (Wildman–Crippen LogP) is 4.51. The van der Waals surface area contributed by atoms with Crippen LogP contribution in [0.5, 0.6) is 11.5 Å². The normalized spacial score (nSPS) is 16.7. The molecule has 0 bridgehead atoms. The molecule has 0 fully saturated rings. The Labute approximate surface area is 146 Å². The van der Waals surface area contributed by atoms with Crippen LogP contribution in [-0.4, -0.2) is 20.4 Å². The summed E-state index contributed by atoms with van der Waals surface area (Å²) in [6, 6.07) is 7.95. The minimum Gasteiger partial charge on any atom is -0.497 e. The molecule has 0 aliphatic heterocycles. The van der Waals surface area contributed by atoms with Crippen molar-refractivity contribution >= 4 is 22.6 Å². The maximum atomic E-state index is 9.54. The summed E-state index contributed by atoms with van der Waals surface area (Å²) in [5.41, 5.74) is 2.81. The van der Waals surface area contributed by atoms with Gasteiger partial charge in [0.05, 0.1) is 19.8 Å². The van der Waals surface area contributed by atoms with Crippen molar-refractivity contribution in [2.75, 3.05) is 14.2 Å². The van der Waals surface area contributed by atoms with Gasteiger partial charge in [0.1, 0.15) is 22.6 Å². The van der Waals surface area contributed by atoms with E-state index in [1.807, 2.05) is 18.2 Å². The first-order valence-corrected chi connectivity index (χ1v) is 8.78. The molecule has 0 amide bonds. The topological polar surface area (TPSA) is 54.6 Å². The number of fused-ring (bicyclic) bond motifs is 1. The fourth-order valence-electron chi connectivity index (χ4n) is 3.00. The molecule has 0 N–H and O–H groups in total. The van der Waals surface area contributed by atoms with Crippen LogP contribution in [0.2, 0.25) is 0 Å². The molecule has 1 heterocycles. The molecule has 2 aromatic rings. The fraction of sp³-hybridized carbons (Fsp3) is 0.368. The van der Waals surface area contributed by atoms with E-state index < -0.39 is 0 Å². The van der Waals surface area contributed by atoms with Crippen molar-refractivity contribution < 1.29 is 9.47 Å². The summed E-state index contributed by atoms with van der Waals surface area (Å²) in [4.78, 5) is 5.91. The lowest BCUT2D eigenvalue weighted by Crippen LogP contribution is -2.09. The van der Waals surface area contributed by atoms with Gasteiger partial charge in [-0.15, -0.1) is 11.3 Å². The van der Waals surface area contributed by atoms with Crippen molar-refractivity contribution in [3.63, 3.8) is 0 Å². The van der Waals surface area contributed by atoms with Crippen molar-refractivity contribution in [1.29, 1.82) is 5.26 Å². The van der Waals surface area contributed by atoms with Gasteiger partial charge in [0.2, 0.25) is 0 Å². The lowest BCUT2D eigenvalue weighted by atomic mass is 9.89. The van der Waals surface area contributed by atoms with Gasteiger partial charge in [0.15, 0.2) is 0 Å². The van der Waals surface area contributed by atoms with E-state index in [-0.39, 0.29) is 0 Å².